The Morgan fingerprint density at radius 2 is 2.04 bits per heavy atom. The minimum Gasteiger partial charge on any atom is -0.386 e. The molecule has 8 heteroatoms. The fourth-order valence-electron chi connectivity index (χ4n) is 4.32. The SMILES string of the molecule is CC(=O)Nc1ccc([C@H]2[C@]3(C#N)[C@]4(N=C(N)[C@@]23C#N)OC[C@H](C)O4)cc1. The summed E-state index contributed by atoms with van der Waals surface area (Å²) in [7, 11) is 0. The number of fused-ring (bicyclic) bond motifs is 2. The van der Waals surface area contributed by atoms with Crippen molar-refractivity contribution in [2.45, 2.75) is 31.8 Å². The van der Waals surface area contributed by atoms with Gasteiger partial charge in [-0.1, -0.05) is 12.1 Å². The number of ether oxygens (including phenoxy) is 2. The van der Waals surface area contributed by atoms with Crippen molar-refractivity contribution in [3.05, 3.63) is 29.8 Å². The van der Waals surface area contributed by atoms with Crippen LogP contribution >= 0.6 is 0 Å². The topological polar surface area (TPSA) is 134 Å². The van der Waals surface area contributed by atoms with Crippen LogP contribution in [0.4, 0.5) is 5.69 Å². The Morgan fingerprint density at radius 3 is 2.54 bits per heavy atom. The number of hydrogen-bond donors (Lipinski definition) is 2. The molecule has 3 aliphatic rings. The standard InChI is InChI=1S/C18H17N5O3/c1-10-7-25-18(26-10)17(9-20)14(16(17,8-19)15(21)23-18)12-3-5-13(6-4-12)22-11(2)24/h3-6,10,14H,7H2,1-2H3,(H2,21,23)(H,22,24)/t10-,14+,16+,17-,18-/m0/s1. The fourth-order valence-corrected chi connectivity index (χ4v) is 4.32. The van der Waals surface area contributed by atoms with Crippen molar-refractivity contribution in [3.63, 3.8) is 0 Å². The molecule has 0 radical (unpaired) electrons. The lowest BCUT2D eigenvalue weighted by atomic mass is 9.94. The third kappa shape index (κ3) is 1.68. The molecule has 2 aliphatic heterocycles. The van der Waals surface area contributed by atoms with Gasteiger partial charge in [0.05, 0.1) is 24.8 Å². The molecule has 1 saturated heterocycles. The van der Waals surface area contributed by atoms with Crippen molar-refractivity contribution in [2.75, 3.05) is 11.9 Å². The van der Waals surface area contributed by atoms with Crippen LogP contribution in [0.1, 0.15) is 25.3 Å². The number of anilines is 1. The van der Waals surface area contributed by atoms with Gasteiger partial charge in [0.1, 0.15) is 11.3 Å². The first kappa shape index (κ1) is 16.5. The van der Waals surface area contributed by atoms with Crippen molar-refractivity contribution in [2.24, 2.45) is 21.6 Å². The zero-order valence-electron chi connectivity index (χ0n) is 14.3. The highest BCUT2D eigenvalue weighted by Gasteiger charge is 2.94. The number of nitrogens with two attached hydrogens (primary N) is 1. The quantitative estimate of drug-likeness (QED) is 0.823. The summed E-state index contributed by atoms with van der Waals surface area (Å²) >= 11 is 0. The number of carbonyl (C=O) groups is 1. The maximum atomic E-state index is 11.2. The Morgan fingerprint density at radius 1 is 1.35 bits per heavy atom. The van der Waals surface area contributed by atoms with Crippen LogP contribution in [0.25, 0.3) is 0 Å². The first-order valence-electron chi connectivity index (χ1n) is 8.24. The summed E-state index contributed by atoms with van der Waals surface area (Å²) in [6.45, 7) is 3.51. The summed E-state index contributed by atoms with van der Waals surface area (Å²) in [6, 6.07) is 11.4. The maximum absolute atomic E-state index is 11.2. The molecular formula is C18H17N5O3. The molecule has 2 fully saturated rings. The first-order valence-corrected chi connectivity index (χ1v) is 8.24. The van der Waals surface area contributed by atoms with Gasteiger partial charge < -0.3 is 20.5 Å². The summed E-state index contributed by atoms with van der Waals surface area (Å²) < 4.78 is 11.6. The fraction of sp³-hybridized carbons (Fsp3) is 0.444. The average Bonchev–Trinajstić information content (AvgIpc) is 2.99. The zero-order chi connectivity index (χ0) is 18.7. The van der Waals surface area contributed by atoms with E-state index >= 15 is 0 Å². The summed E-state index contributed by atoms with van der Waals surface area (Å²) in [4.78, 5) is 15.4. The number of benzene rings is 1. The molecule has 1 aromatic rings. The molecule has 0 aromatic heterocycles. The van der Waals surface area contributed by atoms with Crippen LogP contribution in [-0.4, -0.2) is 30.4 Å². The van der Waals surface area contributed by atoms with Gasteiger partial charge in [0.15, 0.2) is 5.41 Å². The predicted octanol–water partition coefficient (Wildman–Crippen LogP) is 1.22. The average molecular weight is 351 g/mol. The van der Waals surface area contributed by atoms with Crippen molar-refractivity contribution in [1.82, 2.24) is 0 Å². The van der Waals surface area contributed by atoms with Crippen molar-refractivity contribution >= 4 is 17.4 Å². The molecule has 0 unspecified atom stereocenters. The van der Waals surface area contributed by atoms with E-state index in [1.807, 2.05) is 6.92 Å². The minimum atomic E-state index is -1.55. The van der Waals surface area contributed by atoms with E-state index in [0.29, 0.717) is 5.69 Å². The molecule has 1 aromatic carbocycles. The Bertz CT molecular complexity index is 914. The molecule has 3 N–H and O–H groups in total. The van der Waals surface area contributed by atoms with Crippen LogP contribution in [0.5, 0.6) is 0 Å². The molecule has 4 rings (SSSR count). The second-order valence-corrected chi connectivity index (χ2v) is 6.89. The van der Waals surface area contributed by atoms with Gasteiger partial charge in [-0.2, -0.15) is 10.5 Å². The van der Waals surface area contributed by atoms with E-state index in [1.165, 1.54) is 6.92 Å². The molecule has 1 aliphatic carbocycles. The van der Waals surface area contributed by atoms with Gasteiger partial charge in [0, 0.05) is 18.5 Å². The largest absolute Gasteiger partial charge is 0.386 e. The normalized spacial score (nSPS) is 39.6. The number of carbonyl (C=O) groups excluding carboxylic acids is 1. The van der Waals surface area contributed by atoms with E-state index < -0.39 is 22.7 Å². The Kier molecular flexibility index (Phi) is 3.20. The van der Waals surface area contributed by atoms with E-state index in [4.69, 9.17) is 15.2 Å². The first-order chi connectivity index (χ1) is 12.4. The van der Waals surface area contributed by atoms with Crippen LogP contribution in [0.2, 0.25) is 0 Å². The molecule has 1 amide bonds. The van der Waals surface area contributed by atoms with Gasteiger partial charge in [-0.05, 0) is 24.6 Å². The molecule has 2 heterocycles. The molecule has 5 atom stereocenters. The van der Waals surface area contributed by atoms with Crippen LogP contribution in [0.3, 0.4) is 0 Å². The lowest BCUT2D eigenvalue weighted by molar-refractivity contribution is -0.193. The number of nitrogens with zero attached hydrogens (tertiary/aromatic N) is 3. The number of hydrogen-bond acceptors (Lipinski definition) is 7. The molecule has 8 nitrogen and oxygen atoms in total. The maximum Gasteiger partial charge on any atom is 0.293 e. The third-order valence-corrected chi connectivity index (χ3v) is 5.37. The number of nitriles is 2. The van der Waals surface area contributed by atoms with E-state index in [2.05, 4.69) is 22.4 Å². The van der Waals surface area contributed by atoms with E-state index in [-0.39, 0.29) is 24.5 Å². The zero-order valence-corrected chi connectivity index (χ0v) is 14.3. The molecule has 1 spiro atoms. The molecule has 0 bridgehead atoms. The Labute approximate surface area is 150 Å². The van der Waals surface area contributed by atoms with Crippen molar-refractivity contribution < 1.29 is 14.3 Å². The second-order valence-electron chi connectivity index (χ2n) is 6.89. The summed E-state index contributed by atoms with van der Waals surface area (Å²) in [5.74, 6) is -2.20. The highest BCUT2D eigenvalue weighted by molar-refractivity contribution is 6.00. The van der Waals surface area contributed by atoms with Crippen LogP contribution < -0.4 is 11.1 Å². The van der Waals surface area contributed by atoms with Gasteiger partial charge in [-0.25, -0.2) is 4.99 Å². The lowest BCUT2D eigenvalue weighted by Gasteiger charge is -2.26. The lowest BCUT2D eigenvalue weighted by Crippen LogP contribution is -2.39. The number of nitrogens with one attached hydrogen (secondary N) is 1. The van der Waals surface area contributed by atoms with Crippen LogP contribution in [0, 0.1) is 33.5 Å². The number of amidine groups is 1. The minimum absolute atomic E-state index is 0.0617. The number of aliphatic imine (C=N–C) groups is 1. The van der Waals surface area contributed by atoms with Gasteiger partial charge in [-0.15, -0.1) is 0 Å². The van der Waals surface area contributed by atoms with E-state index in [0.717, 1.165) is 5.56 Å². The predicted molar refractivity (Wildman–Crippen MR) is 90.4 cm³/mol. The van der Waals surface area contributed by atoms with Crippen molar-refractivity contribution in [1.29, 1.82) is 10.5 Å². The van der Waals surface area contributed by atoms with Crippen LogP contribution in [-0.2, 0) is 14.3 Å². The Hall–Kier alpha value is -2.94. The Balaban J connectivity index is 1.79. The summed E-state index contributed by atoms with van der Waals surface area (Å²) in [5, 5.41) is 22.7. The highest BCUT2D eigenvalue weighted by atomic mass is 16.8. The number of rotatable bonds is 2. The third-order valence-electron chi connectivity index (χ3n) is 5.37. The number of amides is 1. The van der Waals surface area contributed by atoms with Crippen LogP contribution in [0.15, 0.2) is 29.3 Å². The van der Waals surface area contributed by atoms with E-state index in [9.17, 15) is 15.3 Å². The monoisotopic (exact) mass is 351 g/mol. The summed E-state index contributed by atoms with van der Waals surface area (Å²) in [5.41, 5.74) is 4.85. The van der Waals surface area contributed by atoms with Gasteiger partial charge in [0.25, 0.3) is 5.91 Å². The van der Waals surface area contributed by atoms with Gasteiger partial charge in [-0.3, -0.25) is 4.79 Å². The smallest absolute Gasteiger partial charge is 0.293 e. The molecule has 1 saturated carbocycles. The molecular weight excluding hydrogens is 334 g/mol. The molecule has 132 valence electrons. The highest BCUT2D eigenvalue weighted by Crippen LogP contribution is 2.82. The molecule has 26 heavy (non-hydrogen) atoms. The second kappa shape index (κ2) is 5.04. The van der Waals surface area contributed by atoms with Crippen molar-refractivity contribution in [3.8, 4) is 12.1 Å². The van der Waals surface area contributed by atoms with E-state index in [1.54, 1.807) is 24.3 Å². The summed E-state index contributed by atoms with van der Waals surface area (Å²) in [6.07, 6.45) is -0.255. The van der Waals surface area contributed by atoms with Gasteiger partial charge in [0.2, 0.25) is 5.91 Å². The van der Waals surface area contributed by atoms with Gasteiger partial charge >= 0.3 is 0 Å².